The van der Waals surface area contributed by atoms with E-state index in [-0.39, 0.29) is 64.3 Å². The van der Waals surface area contributed by atoms with Crippen LogP contribution in [0.3, 0.4) is 0 Å². The molecule has 1 saturated carbocycles. The highest BCUT2D eigenvalue weighted by Gasteiger charge is 2.31. The zero-order chi connectivity index (χ0) is 20.5. The van der Waals surface area contributed by atoms with Crippen molar-refractivity contribution in [2.24, 2.45) is 0 Å². The lowest BCUT2D eigenvalue weighted by molar-refractivity contribution is -0.138. The molecule has 3 rings (SSSR count). The van der Waals surface area contributed by atoms with Crippen LogP contribution in [0.5, 0.6) is 0 Å². The molecule has 1 aromatic rings. The normalized spacial score (nSPS) is 17.3. The van der Waals surface area contributed by atoms with Crippen molar-refractivity contribution in [1.82, 2.24) is 14.9 Å². The number of carbonyl (C=O) groups is 3. The first kappa shape index (κ1) is 21.0. The fourth-order valence-corrected chi connectivity index (χ4v) is 4.96. The number of halogens is 2. The van der Waals surface area contributed by atoms with Gasteiger partial charge in [-0.2, -0.15) is 0 Å². The number of carbonyl (C=O) groups excluding carboxylic acids is 3. The zero-order valence-electron chi connectivity index (χ0n) is 14.8. The van der Waals surface area contributed by atoms with E-state index >= 15 is 0 Å². The fourth-order valence-electron chi connectivity index (χ4n) is 2.80. The highest BCUT2D eigenvalue weighted by atomic mass is 35.5. The van der Waals surface area contributed by atoms with Crippen LogP contribution in [0, 0.1) is 0 Å². The Bertz CT molecular complexity index is 915. The molecule has 0 bridgehead atoms. The van der Waals surface area contributed by atoms with Crippen LogP contribution in [0.25, 0.3) is 0 Å². The van der Waals surface area contributed by atoms with E-state index in [1.54, 1.807) is 0 Å². The van der Waals surface area contributed by atoms with Gasteiger partial charge in [0.25, 0.3) is 5.91 Å². The number of nitrogens with one attached hydrogen (secondary N) is 2. The molecular formula is C17H19Cl2N3O5S. The molecule has 3 amide bonds. The molecule has 1 heterocycles. The SMILES string of the molecule is O=C(NCCCN1C(=O)CCC1=O)c1cc(S(=O)(=O)NC2CC2)c(Cl)cc1Cl. The first-order valence-corrected chi connectivity index (χ1v) is 11.1. The number of likely N-dealkylation sites (tertiary alicyclic amines) is 1. The van der Waals surface area contributed by atoms with Crippen molar-refractivity contribution in [2.75, 3.05) is 13.1 Å². The average molecular weight is 448 g/mol. The number of nitrogens with zero attached hydrogens (tertiary/aromatic N) is 1. The van der Waals surface area contributed by atoms with E-state index in [2.05, 4.69) is 10.0 Å². The number of hydrogen-bond donors (Lipinski definition) is 2. The molecule has 2 N–H and O–H groups in total. The van der Waals surface area contributed by atoms with Crippen LogP contribution in [0.15, 0.2) is 17.0 Å². The molecule has 8 nitrogen and oxygen atoms in total. The van der Waals surface area contributed by atoms with Crippen LogP contribution in [-0.4, -0.2) is 50.2 Å². The van der Waals surface area contributed by atoms with Crippen LogP contribution in [0.2, 0.25) is 10.0 Å². The molecule has 0 spiro atoms. The Labute approximate surface area is 172 Å². The summed E-state index contributed by atoms with van der Waals surface area (Å²) in [6, 6.07) is 2.27. The lowest BCUT2D eigenvalue weighted by atomic mass is 10.2. The number of rotatable bonds is 8. The largest absolute Gasteiger partial charge is 0.352 e. The van der Waals surface area contributed by atoms with E-state index in [1.165, 1.54) is 11.0 Å². The van der Waals surface area contributed by atoms with E-state index < -0.39 is 15.9 Å². The minimum atomic E-state index is -3.85. The van der Waals surface area contributed by atoms with E-state index in [0.717, 1.165) is 18.9 Å². The van der Waals surface area contributed by atoms with Gasteiger partial charge < -0.3 is 5.32 Å². The molecule has 2 aliphatic rings. The van der Waals surface area contributed by atoms with Gasteiger partial charge in [-0.05, 0) is 31.4 Å². The summed E-state index contributed by atoms with van der Waals surface area (Å²) < 4.78 is 27.3. The molecule has 1 aliphatic heterocycles. The first-order valence-electron chi connectivity index (χ1n) is 8.82. The van der Waals surface area contributed by atoms with Crippen LogP contribution in [-0.2, 0) is 19.6 Å². The minimum Gasteiger partial charge on any atom is -0.352 e. The maximum Gasteiger partial charge on any atom is 0.252 e. The lowest BCUT2D eigenvalue weighted by Gasteiger charge is -2.14. The predicted molar refractivity (Wildman–Crippen MR) is 103 cm³/mol. The van der Waals surface area contributed by atoms with Crippen molar-refractivity contribution in [2.45, 2.75) is 43.0 Å². The summed E-state index contributed by atoms with van der Waals surface area (Å²) in [5.41, 5.74) is -0.0180. The zero-order valence-corrected chi connectivity index (χ0v) is 17.2. The van der Waals surface area contributed by atoms with Crippen LogP contribution >= 0.6 is 23.2 Å². The second-order valence-corrected chi connectivity index (χ2v) is 9.20. The van der Waals surface area contributed by atoms with Gasteiger partial charge in [0.15, 0.2) is 0 Å². The van der Waals surface area contributed by atoms with Gasteiger partial charge in [0.2, 0.25) is 21.8 Å². The number of benzene rings is 1. The van der Waals surface area contributed by atoms with Crippen LogP contribution in [0.1, 0.15) is 42.5 Å². The molecule has 0 atom stereocenters. The van der Waals surface area contributed by atoms with E-state index in [4.69, 9.17) is 23.2 Å². The summed E-state index contributed by atoms with van der Waals surface area (Å²) in [5.74, 6) is -0.992. The third-order valence-corrected chi connectivity index (χ3v) is 6.75. The van der Waals surface area contributed by atoms with Crippen LogP contribution < -0.4 is 10.0 Å². The Balaban J connectivity index is 1.63. The molecule has 0 aromatic heterocycles. The molecule has 152 valence electrons. The highest BCUT2D eigenvalue weighted by Crippen LogP contribution is 2.30. The van der Waals surface area contributed by atoms with Gasteiger partial charge >= 0.3 is 0 Å². The molecule has 0 radical (unpaired) electrons. The molecule has 28 heavy (non-hydrogen) atoms. The molecule has 1 aromatic carbocycles. The van der Waals surface area contributed by atoms with Gasteiger partial charge in [0.1, 0.15) is 4.90 Å². The van der Waals surface area contributed by atoms with Crippen molar-refractivity contribution < 1.29 is 22.8 Å². The minimum absolute atomic E-state index is 0.0180. The summed E-state index contributed by atoms with van der Waals surface area (Å²) in [6.45, 7) is 0.411. The molecular weight excluding hydrogens is 429 g/mol. The Hall–Kier alpha value is -1.68. The average Bonchev–Trinajstić information content (AvgIpc) is 3.36. The number of amides is 3. The predicted octanol–water partition coefficient (Wildman–Crippen LogP) is 1.70. The van der Waals surface area contributed by atoms with E-state index in [9.17, 15) is 22.8 Å². The smallest absolute Gasteiger partial charge is 0.252 e. The third-order valence-electron chi connectivity index (χ3n) is 4.45. The van der Waals surface area contributed by atoms with Gasteiger partial charge in [-0.15, -0.1) is 0 Å². The molecule has 1 saturated heterocycles. The molecule has 1 aliphatic carbocycles. The maximum atomic E-state index is 12.4. The second kappa shape index (κ2) is 8.36. The first-order chi connectivity index (χ1) is 13.2. The molecule has 0 unspecified atom stereocenters. The Kier molecular flexibility index (Phi) is 6.28. The summed E-state index contributed by atoms with van der Waals surface area (Å²) in [5, 5.41) is 2.57. The lowest BCUT2D eigenvalue weighted by Crippen LogP contribution is -2.33. The summed E-state index contributed by atoms with van der Waals surface area (Å²) in [7, 11) is -3.85. The standard InChI is InChI=1S/C17H19Cl2N3O5S/c18-12-9-13(19)14(28(26,27)21-10-2-3-10)8-11(12)17(25)20-6-1-7-22-15(23)4-5-16(22)24/h8-10,21H,1-7H2,(H,20,25). The van der Waals surface area contributed by atoms with Gasteiger partial charge in [-0.25, -0.2) is 13.1 Å². The van der Waals surface area contributed by atoms with Crippen LogP contribution in [0.4, 0.5) is 0 Å². The van der Waals surface area contributed by atoms with Crippen molar-refractivity contribution >= 4 is 50.9 Å². The topological polar surface area (TPSA) is 113 Å². The quantitative estimate of drug-likeness (QED) is 0.465. The Morgan fingerprint density at radius 2 is 1.75 bits per heavy atom. The summed E-state index contributed by atoms with van der Waals surface area (Å²) in [4.78, 5) is 36.5. The number of sulfonamides is 1. The van der Waals surface area contributed by atoms with E-state index in [0.29, 0.717) is 6.42 Å². The van der Waals surface area contributed by atoms with Gasteiger partial charge in [0.05, 0.1) is 15.6 Å². The second-order valence-electron chi connectivity index (χ2n) is 6.71. The Morgan fingerprint density at radius 1 is 1.11 bits per heavy atom. The van der Waals surface area contributed by atoms with Gasteiger partial charge in [-0.3, -0.25) is 19.3 Å². The van der Waals surface area contributed by atoms with Crippen molar-refractivity contribution in [1.29, 1.82) is 0 Å². The summed E-state index contributed by atoms with van der Waals surface area (Å²) >= 11 is 12.1. The summed E-state index contributed by atoms with van der Waals surface area (Å²) in [6.07, 6.45) is 2.35. The van der Waals surface area contributed by atoms with Crippen molar-refractivity contribution in [3.05, 3.63) is 27.7 Å². The molecule has 2 fully saturated rings. The number of hydrogen-bond acceptors (Lipinski definition) is 5. The van der Waals surface area contributed by atoms with Gasteiger partial charge in [-0.1, -0.05) is 23.2 Å². The Morgan fingerprint density at radius 3 is 2.36 bits per heavy atom. The van der Waals surface area contributed by atoms with Crippen molar-refractivity contribution in [3.8, 4) is 0 Å². The highest BCUT2D eigenvalue weighted by molar-refractivity contribution is 7.89. The third kappa shape index (κ3) is 4.83. The monoisotopic (exact) mass is 447 g/mol. The maximum absolute atomic E-state index is 12.4. The van der Waals surface area contributed by atoms with Crippen molar-refractivity contribution in [3.63, 3.8) is 0 Å². The number of imide groups is 1. The molecule has 11 heteroatoms. The van der Waals surface area contributed by atoms with Gasteiger partial charge in [0, 0.05) is 32.0 Å². The fraction of sp³-hybridized carbons (Fsp3) is 0.471. The van der Waals surface area contributed by atoms with E-state index in [1.807, 2.05) is 0 Å².